The SMILES string of the molecule is CCOc1ccc(NC(=O)c2ccc(Cl)nn2)cc1. The minimum atomic E-state index is -0.340. The quantitative estimate of drug-likeness (QED) is 0.933. The van der Waals surface area contributed by atoms with Crippen molar-refractivity contribution in [2.45, 2.75) is 6.92 Å². The van der Waals surface area contributed by atoms with Crippen LogP contribution in [0.5, 0.6) is 5.75 Å². The standard InChI is InChI=1S/C13H12ClN3O2/c1-2-19-10-5-3-9(4-6-10)15-13(18)11-7-8-12(14)17-16-11/h3-8H,2H2,1H3,(H,15,18). The fourth-order valence-electron chi connectivity index (χ4n) is 1.43. The van der Waals surface area contributed by atoms with Crippen molar-refractivity contribution in [3.8, 4) is 5.75 Å². The van der Waals surface area contributed by atoms with Gasteiger partial charge in [0.05, 0.1) is 6.61 Å². The topological polar surface area (TPSA) is 64.1 Å². The molecule has 0 aliphatic heterocycles. The number of amides is 1. The van der Waals surface area contributed by atoms with Gasteiger partial charge in [0, 0.05) is 5.69 Å². The Bertz CT molecular complexity index is 555. The molecule has 19 heavy (non-hydrogen) atoms. The minimum absolute atomic E-state index is 0.207. The van der Waals surface area contributed by atoms with E-state index in [0.29, 0.717) is 12.3 Å². The number of hydrogen-bond donors (Lipinski definition) is 1. The second-order valence-corrected chi connectivity index (χ2v) is 4.04. The van der Waals surface area contributed by atoms with Gasteiger partial charge in [-0.25, -0.2) is 0 Å². The average Bonchev–Trinajstić information content (AvgIpc) is 2.42. The molecule has 1 heterocycles. The number of benzene rings is 1. The van der Waals surface area contributed by atoms with Crippen molar-refractivity contribution >= 4 is 23.2 Å². The number of halogens is 1. The Balaban J connectivity index is 2.04. The number of anilines is 1. The molecule has 0 saturated heterocycles. The first-order valence-electron chi connectivity index (χ1n) is 5.72. The highest BCUT2D eigenvalue weighted by Gasteiger charge is 2.08. The zero-order chi connectivity index (χ0) is 13.7. The molecular formula is C13H12ClN3O2. The fraction of sp³-hybridized carbons (Fsp3) is 0.154. The maximum absolute atomic E-state index is 11.8. The summed E-state index contributed by atoms with van der Waals surface area (Å²) < 4.78 is 5.31. The zero-order valence-electron chi connectivity index (χ0n) is 10.3. The molecule has 0 unspecified atom stereocenters. The molecular weight excluding hydrogens is 266 g/mol. The van der Waals surface area contributed by atoms with Crippen LogP contribution < -0.4 is 10.1 Å². The lowest BCUT2D eigenvalue weighted by atomic mass is 10.3. The van der Waals surface area contributed by atoms with Crippen LogP contribution in [-0.2, 0) is 0 Å². The van der Waals surface area contributed by atoms with Crippen molar-refractivity contribution in [2.24, 2.45) is 0 Å². The second kappa shape index (κ2) is 6.15. The Labute approximate surface area is 115 Å². The number of rotatable bonds is 4. The Hall–Kier alpha value is -2.14. The molecule has 98 valence electrons. The number of carbonyl (C=O) groups excluding carboxylic acids is 1. The van der Waals surface area contributed by atoms with E-state index in [1.807, 2.05) is 6.92 Å². The predicted octanol–water partition coefficient (Wildman–Crippen LogP) is 2.78. The third-order valence-corrected chi connectivity index (χ3v) is 2.49. The van der Waals surface area contributed by atoms with Crippen LogP contribution in [0.3, 0.4) is 0 Å². The normalized spacial score (nSPS) is 10.0. The van der Waals surface area contributed by atoms with E-state index in [2.05, 4.69) is 15.5 Å². The van der Waals surface area contributed by atoms with Crippen LogP contribution in [0.15, 0.2) is 36.4 Å². The molecule has 2 rings (SSSR count). The fourth-order valence-corrected chi connectivity index (χ4v) is 1.53. The summed E-state index contributed by atoms with van der Waals surface area (Å²) in [7, 11) is 0. The van der Waals surface area contributed by atoms with Gasteiger partial charge in [-0.1, -0.05) is 11.6 Å². The lowest BCUT2D eigenvalue weighted by molar-refractivity contribution is 0.102. The molecule has 0 aliphatic carbocycles. The van der Waals surface area contributed by atoms with Gasteiger partial charge < -0.3 is 10.1 Å². The first-order valence-corrected chi connectivity index (χ1v) is 6.10. The molecule has 2 aromatic rings. The van der Waals surface area contributed by atoms with Crippen molar-refractivity contribution in [2.75, 3.05) is 11.9 Å². The highest BCUT2D eigenvalue weighted by Crippen LogP contribution is 2.16. The summed E-state index contributed by atoms with van der Waals surface area (Å²) in [5, 5.41) is 10.3. The maximum Gasteiger partial charge on any atom is 0.276 e. The average molecular weight is 278 g/mol. The largest absolute Gasteiger partial charge is 0.494 e. The summed E-state index contributed by atoms with van der Waals surface area (Å²) in [4.78, 5) is 11.8. The number of ether oxygens (including phenoxy) is 1. The van der Waals surface area contributed by atoms with Gasteiger partial charge in [-0.15, -0.1) is 10.2 Å². The molecule has 0 aliphatic rings. The maximum atomic E-state index is 11.8. The molecule has 0 atom stereocenters. The van der Waals surface area contributed by atoms with Gasteiger partial charge in [0.1, 0.15) is 5.75 Å². The first kappa shape index (κ1) is 13.3. The summed E-state index contributed by atoms with van der Waals surface area (Å²) in [6.07, 6.45) is 0. The van der Waals surface area contributed by atoms with Crippen LogP contribution in [0.25, 0.3) is 0 Å². The monoisotopic (exact) mass is 277 g/mol. The van der Waals surface area contributed by atoms with Gasteiger partial charge in [-0.05, 0) is 43.3 Å². The zero-order valence-corrected chi connectivity index (χ0v) is 11.0. The van der Waals surface area contributed by atoms with Gasteiger partial charge in [-0.2, -0.15) is 0 Å². The van der Waals surface area contributed by atoms with Crippen molar-refractivity contribution in [1.29, 1.82) is 0 Å². The molecule has 1 amide bonds. The first-order chi connectivity index (χ1) is 9.19. The van der Waals surface area contributed by atoms with Gasteiger partial charge in [0.15, 0.2) is 10.8 Å². The Morgan fingerprint density at radius 2 is 1.95 bits per heavy atom. The second-order valence-electron chi connectivity index (χ2n) is 3.65. The number of nitrogens with one attached hydrogen (secondary N) is 1. The number of aromatic nitrogens is 2. The van der Waals surface area contributed by atoms with Crippen LogP contribution in [0.1, 0.15) is 17.4 Å². The number of hydrogen-bond acceptors (Lipinski definition) is 4. The van der Waals surface area contributed by atoms with Gasteiger partial charge in [0.2, 0.25) is 0 Å². The summed E-state index contributed by atoms with van der Waals surface area (Å²) >= 11 is 5.60. The molecule has 1 aromatic carbocycles. The highest BCUT2D eigenvalue weighted by atomic mass is 35.5. The molecule has 0 saturated carbocycles. The molecule has 1 N–H and O–H groups in total. The van der Waals surface area contributed by atoms with Crippen molar-refractivity contribution in [3.05, 3.63) is 47.2 Å². The molecule has 0 fully saturated rings. The highest BCUT2D eigenvalue weighted by molar-refractivity contribution is 6.29. The smallest absolute Gasteiger partial charge is 0.276 e. The summed E-state index contributed by atoms with van der Waals surface area (Å²) in [5.41, 5.74) is 0.864. The molecule has 0 radical (unpaired) electrons. The van der Waals surface area contributed by atoms with Crippen molar-refractivity contribution < 1.29 is 9.53 Å². The van der Waals surface area contributed by atoms with Crippen molar-refractivity contribution in [1.82, 2.24) is 10.2 Å². The summed E-state index contributed by atoms with van der Waals surface area (Å²) in [6, 6.07) is 10.1. The Morgan fingerprint density at radius 3 is 2.53 bits per heavy atom. The lowest BCUT2D eigenvalue weighted by Crippen LogP contribution is -2.14. The number of nitrogens with zero attached hydrogens (tertiary/aromatic N) is 2. The van der Waals surface area contributed by atoms with E-state index in [0.717, 1.165) is 5.75 Å². The summed E-state index contributed by atoms with van der Waals surface area (Å²) in [5.74, 6) is 0.417. The van der Waals surface area contributed by atoms with Crippen LogP contribution in [0.4, 0.5) is 5.69 Å². The van der Waals surface area contributed by atoms with Crippen molar-refractivity contribution in [3.63, 3.8) is 0 Å². The van der Waals surface area contributed by atoms with Crippen LogP contribution in [0.2, 0.25) is 5.15 Å². The van der Waals surface area contributed by atoms with E-state index in [1.165, 1.54) is 12.1 Å². The van der Waals surface area contributed by atoms with Gasteiger partial charge in [0.25, 0.3) is 5.91 Å². The van der Waals surface area contributed by atoms with E-state index in [9.17, 15) is 4.79 Å². The van der Waals surface area contributed by atoms with Crippen LogP contribution >= 0.6 is 11.6 Å². The third kappa shape index (κ3) is 3.66. The third-order valence-electron chi connectivity index (χ3n) is 2.29. The van der Waals surface area contributed by atoms with E-state index in [4.69, 9.17) is 16.3 Å². The van der Waals surface area contributed by atoms with Gasteiger partial charge >= 0.3 is 0 Å². The molecule has 0 spiro atoms. The van der Waals surface area contributed by atoms with Crippen LogP contribution in [0, 0.1) is 0 Å². The molecule has 6 heteroatoms. The predicted molar refractivity (Wildman–Crippen MR) is 72.6 cm³/mol. The Morgan fingerprint density at radius 1 is 1.21 bits per heavy atom. The molecule has 5 nitrogen and oxygen atoms in total. The lowest BCUT2D eigenvalue weighted by Gasteiger charge is -2.06. The van der Waals surface area contributed by atoms with Crippen LogP contribution in [-0.4, -0.2) is 22.7 Å². The Kier molecular flexibility index (Phi) is 4.30. The van der Waals surface area contributed by atoms with Gasteiger partial charge in [-0.3, -0.25) is 4.79 Å². The van der Waals surface area contributed by atoms with E-state index < -0.39 is 0 Å². The molecule has 0 bridgehead atoms. The number of carbonyl (C=O) groups is 1. The minimum Gasteiger partial charge on any atom is -0.494 e. The van der Waals surface area contributed by atoms with E-state index in [1.54, 1.807) is 24.3 Å². The van der Waals surface area contributed by atoms with E-state index >= 15 is 0 Å². The summed E-state index contributed by atoms with van der Waals surface area (Å²) in [6.45, 7) is 2.51. The van der Waals surface area contributed by atoms with E-state index in [-0.39, 0.29) is 16.8 Å². The molecule has 1 aromatic heterocycles.